The van der Waals surface area contributed by atoms with Gasteiger partial charge in [-0.3, -0.25) is 9.67 Å². The number of aromatic nitrogens is 3. The van der Waals surface area contributed by atoms with Crippen molar-refractivity contribution in [1.29, 1.82) is 0 Å². The van der Waals surface area contributed by atoms with Crippen molar-refractivity contribution in [2.24, 2.45) is 0 Å². The molecule has 0 aliphatic carbocycles. The molecule has 7 heteroatoms. The predicted octanol–water partition coefficient (Wildman–Crippen LogP) is 1.24. The molecular weight excluding hydrogens is 294 g/mol. The highest BCUT2D eigenvalue weighted by Gasteiger charge is 2.08. The summed E-state index contributed by atoms with van der Waals surface area (Å²) < 4.78 is 24.6. The molecule has 0 saturated heterocycles. The van der Waals surface area contributed by atoms with Crippen molar-refractivity contribution in [2.75, 3.05) is 12.0 Å². The lowest BCUT2D eigenvalue weighted by Crippen LogP contribution is -2.12. The molecule has 5 nitrogen and oxygen atoms in total. The summed E-state index contributed by atoms with van der Waals surface area (Å²) in [5.41, 5.74) is 0.832. The van der Waals surface area contributed by atoms with Gasteiger partial charge in [-0.1, -0.05) is 0 Å². The first-order chi connectivity index (χ1) is 7.47. The third kappa shape index (κ3) is 2.41. The summed E-state index contributed by atoms with van der Waals surface area (Å²) in [6.45, 7) is 0.348. The second-order valence-electron chi connectivity index (χ2n) is 3.55. The van der Waals surface area contributed by atoms with Gasteiger partial charge in [0.1, 0.15) is 9.84 Å². The van der Waals surface area contributed by atoms with Crippen LogP contribution in [0.4, 0.5) is 0 Å². The fourth-order valence-electron chi connectivity index (χ4n) is 1.39. The Morgan fingerprint density at radius 3 is 2.81 bits per heavy atom. The minimum absolute atomic E-state index is 0.0797. The minimum Gasteiger partial charge on any atom is -0.262 e. The van der Waals surface area contributed by atoms with Gasteiger partial charge in [0.05, 0.1) is 30.2 Å². The Morgan fingerprint density at radius 2 is 2.12 bits per heavy atom. The van der Waals surface area contributed by atoms with Crippen molar-refractivity contribution in [3.8, 4) is 0 Å². The van der Waals surface area contributed by atoms with Crippen molar-refractivity contribution < 1.29 is 8.42 Å². The number of hydrogen-bond donors (Lipinski definition) is 0. The van der Waals surface area contributed by atoms with Gasteiger partial charge in [0.15, 0.2) is 0 Å². The Hall–Kier alpha value is -0.950. The Morgan fingerprint density at radius 1 is 1.38 bits per heavy atom. The number of halogens is 1. The molecule has 0 aromatic carbocycles. The molecule has 2 aromatic rings. The first-order valence-corrected chi connectivity index (χ1v) is 7.45. The minimum atomic E-state index is -2.97. The smallest absolute Gasteiger partial charge is 0.149 e. The van der Waals surface area contributed by atoms with Crippen molar-refractivity contribution in [1.82, 2.24) is 14.8 Å². The van der Waals surface area contributed by atoms with Gasteiger partial charge in [-0.25, -0.2) is 8.42 Å². The van der Waals surface area contributed by atoms with E-state index in [9.17, 15) is 8.42 Å². The van der Waals surface area contributed by atoms with Gasteiger partial charge in [-0.2, -0.15) is 5.10 Å². The number of rotatable bonds is 3. The van der Waals surface area contributed by atoms with Crippen LogP contribution in [0.1, 0.15) is 0 Å². The van der Waals surface area contributed by atoms with E-state index in [2.05, 4.69) is 26.0 Å². The van der Waals surface area contributed by atoms with E-state index < -0.39 is 9.84 Å². The van der Waals surface area contributed by atoms with E-state index in [1.54, 1.807) is 23.3 Å². The Bertz CT molecular complexity index is 621. The lowest BCUT2D eigenvalue weighted by atomic mass is 10.3. The molecule has 0 aliphatic rings. The molecule has 16 heavy (non-hydrogen) atoms. The van der Waals surface area contributed by atoms with Gasteiger partial charge in [-0.15, -0.1) is 0 Å². The van der Waals surface area contributed by atoms with Gasteiger partial charge < -0.3 is 0 Å². The number of pyridine rings is 1. The predicted molar refractivity (Wildman–Crippen MR) is 64.9 cm³/mol. The number of hydrogen-bond acceptors (Lipinski definition) is 4. The summed E-state index contributed by atoms with van der Waals surface area (Å²) in [5, 5.41) is 5.08. The van der Waals surface area contributed by atoms with Crippen LogP contribution in [-0.2, 0) is 16.4 Å². The van der Waals surface area contributed by atoms with E-state index in [0.29, 0.717) is 6.54 Å². The highest BCUT2D eigenvalue weighted by atomic mass is 79.9. The number of aryl methyl sites for hydroxylation is 1. The van der Waals surface area contributed by atoms with Crippen LogP contribution < -0.4 is 0 Å². The molecular formula is C9H10BrN3O2S. The maximum Gasteiger partial charge on any atom is 0.149 e. The summed E-state index contributed by atoms with van der Waals surface area (Å²) in [7, 11) is -2.97. The maximum atomic E-state index is 11.1. The zero-order valence-corrected chi connectivity index (χ0v) is 11.0. The number of nitrogens with zero attached hydrogens (tertiary/aromatic N) is 3. The number of fused-ring (bicyclic) bond motifs is 1. The van der Waals surface area contributed by atoms with Gasteiger partial charge in [0, 0.05) is 22.3 Å². The van der Waals surface area contributed by atoms with Crippen LogP contribution in [0.25, 0.3) is 10.9 Å². The molecule has 0 aliphatic heterocycles. The fraction of sp³-hybridized carbons (Fsp3) is 0.333. The van der Waals surface area contributed by atoms with Crippen LogP contribution in [0.5, 0.6) is 0 Å². The lowest BCUT2D eigenvalue weighted by molar-refractivity contribution is 0.589. The largest absolute Gasteiger partial charge is 0.262 e. The Labute approximate surface area is 102 Å². The van der Waals surface area contributed by atoms with Crippen molar-refractivity contribution in [3.63, 3.8) is 0 Å². The van der Waals surface area contributed by atoms with Gasteiger partial charge in [-0.05, 0) is 15.9 Å². The summed E-state index contributed by atoms with van der Waals surface area (Å²) in [6.07, 6.45) is 6.27. The molecule has 0 fully saturated rings. The monoisotopic (exact) mass is 303 g/mol. The van der Waals surface area contributed by atoms with Gasteiger partial charge in [0.2, 0.25) is 0 Å². The highest BCUT2D eigenvalue weighted by molar-refractivity contribution is 9.10. The summed E-state index contributed by atoms with van der Waals surface area (Å²) >= 11 is 3.37. The Kier molecular flexibility index (Phi) is 2.98. The van der Waals surface area contributed by atoms with Crippen molar-refractivity contribution in [2.45, 2.75) is 6.54 Å². The molecule has 0 amide bonds. The normalized spacial score (nSPS) is 12.1. The summed E-state index contributed by atoms with van der Waals surface area (Å²) in [4.78, 5) is 4.03. The third-order valence-corrected chi connectivity index (χ3v) is 3.75. The van der Waals surface area contributed by atoms with E-state index >= 15 is 0 Å². The maximum absolute atomic E-state index is 11.1. The van der Waals surface area contributed by atoms with Crippen LogP contribution in [0, 0.1) is 0 Å². The van der Waals surface area contributed by atoms with Crippen LogP contribution >= 0.6 is 15.9 Å². The first-order valence-electron chi connectivity index (χ1n) is 4.60. The zero-order valence-electron chi connectivity index (χ0n) is 8.59. The summed E-state index contributed by atoms with van der Waals surface area (Å²) in [5.74, 6) is 0.0797. The molecule has 0 radical (unpaired) electrons. The second-order valence-corrected chi connectivity index (χ2v) is 6.67. The standard InChI is InChI=1S/C9H10BrN3O2S/c1-16(14,15)3-2-13-9-6-11-5-8(10)7(9)4-12-13/h4-6H,2-3H2,1H3. The average molecular weight is 304 g/mol. The van der Waals surface area contributed by atoms with E-state index in [-0.39, 0.29) is 5.75 Å². The van der Waals surface area contributed by atoms with Crippen molar-refractivity contribution in [3.05, 3.63) is 23.1 Å². The van der Waals surface area contributed by atoms with Gasteiger partial charge in [0.25, 0.3) is 0 Å². The van der Waals surface area contributed by atoms with Crippen LogP contribution in [-0.4, -0.2) is 35.2 Å². The zero-order chi connectivity index (χ0) is 11.8. The molecule has 2 aromatic heterocycles. The van der Waals surface area contributed by atoms with Crippen LogP contribution in [0.15, 0.2) is 23.1 Å². The lowest BCUT2D eigenvalue weighted by Gasteiger charge is -2.02. The topological polar surface area (TPSA) is 64.8 Å². The first kappa shape index (κ1) is 11.5. The highest BCUT2D eigenvalue weighted by Crippen LogP contribution is 2.21. The molecule has 2 heterocycles. The molecule has 0 bridgehead atoms. The average Bonchev–Trinajstić information content (AvgIpc) is 2.58. The third-order valence-electron chi connectivity index (χ3n) is 2.20. The molecule has 0 N–H and O–H groups in total. The quantitative estimate of drug-likeness (QED) is 0.856. The molecule has 0 atom stereocenters. The Balaban J connectivity index is 2.36. The van der Waals surface area contributed by atoms with E-state index in [1.165, 1.54) is 6.26 Å². The second kappa shape index (κ2) is 4.14. The van der Waals surface area contributed by atoms with Crippen LogP contribution in [0.2, 0.25) is 0 Å². The number of sulfone groups is 1. The van der Waals surface area contributed by atoms with E-state index in [4.69, 9.17) is 0 Å². The van der Waals surface area contributed by atoms with E-state index in [0.717, 1.165) is 15.4 Å². The van der Waals surface area contributed by atoms with Crippen LogP contribution in [0.3, 0.4) is 0 Å². The summed E-state index contributed by atoms with van der Waals surface area (Å²) in [6, 6.07) is 0. The van der Waals surface area contributed by atoms with E-state index in [1.807, 2.05) is 0 Å². The molecule has 2 rings (SSSR count). The molecule has 0 spiro atoms. The van der Waals surface area contributed by atoms with Crippen molar-refractivity contribution >= 4 is 36.7 Å². The SMILES string of the molecule is CS(=O)(=O)CCn1ncc2c(Br)cncc21. The molecule has 86 valence electrons. The molecule has 0 unspecified atom stereocenters. The van der Waals surface area contributed by atoms with Gasteiger partial charge >= 0.3 is 0 Å². The molecule has 0 saturated carbocycles. The fourth-order valence-corrected chi connectivity index (χ4v) is 2.32.